The van der Waals surface area contributed by atoms with Gasteiger partial charge in [0.2, 0.25) is 6.10 Å². The van der Waals surface area contributed by atoms with E-state index in [1.807, 2.05) is 0 Å². The van der Waals surface area contributed by atoms with E-state index in [1.54, 1.807) is 50.2 Å². The van der Waals surface area contributed by atoms with Crippen LogP contribution in [0.15, 0.2) is 60.7 Å². The third kappa shape index (κ3) is 4.09. The number of hydrogen-bond donors (Lipinski definition) is 1. The van der Waals surface area contributed by atoms with E-state index in [0.717, 1.165) is 0 Å². The van der Waals surface area contributed by atoms with Crippen LogP contribution in [-0.2, 0) is 15.1 Å². The van der Waals surface area contributed by atoms with Crippen LogP contribution in [0.2, 0.25) is 0 Å². The molecule has 1 heterocycles. The van der Waals surface area contributed by atoms with Gasteiger partial charge in [-0.05, 0) is 43.2 Å². The largest absolute Gasteiger partial charge is 0.478 e. The highest BCUT2D eigenvalue weighted by molar-refractivity contribution is 5.76. The molecular weight excluding hydrogens is 375 g/mol. The van der Waals surface area contributed by atoms with Crippen LogP contribution in [0.1, 0.15) is 22.5 Å². The maximum atomic E-state index is 13.6. The van der Waals surface area contributed by atoms with Gasteiger partial charge < -0.3 is 14.6 Å². The zero-order chi connectivity index (χ0) is 21.0. The molecule has 3 rings (SSSR count). The molecule has 2 atom stereocenters. The summed E-state index contributed by atoms with van der Waals surface area (Å²) in [5.74, 6) is -1.72. The molecular formula is C22H21FN2O4. The minimum Gasteiger partial charge on any atom is -0.478 e. The van der Waals surface area contributed by atoms with Gasteiger partial charge in [0.05, 0.1) is 0 Å². The van der Waals surface area contributed by atoms with Crippen molar-refractivity contribution in [3.05, 3.63) is 89.0 Å². The van der Waals surface area contributed by atoms with Gasteiger partial charge in [0, 0.05) is 18.5 Å². The van der Waals surface area contributed by atoms with Crippen LogP contribution < -0.4 is 4.74 Å². The molecule has 2 aromatic carbocycles. The number of aryl methyl sites for hydroxylation is 2. The molecule has 0 saturated carbocycles. The molecule has 7 heteroatoms. The third-order valence-corrected chi connectivity index (χ3v) is 4.58. The molecule has 0 spiro atoms. The second-order valence-electron chi connectivity index (χ2n) is 6.58. The van der Waals surface area contributed by atoms with E-state index in [4.69, 9.17) is 9.47 Å². The SMILES string of the molecule is CO[C@@](c1ccccc1)(c1ccc(F)cc1)[C@H](Oc1nc(C)cc(C)n1)C(=O)O. The summed E-state index contributed by atoms with van der Waals surface area (Å²) in [5.41, 5.74) is 0.666. The van der Waals surface area contributed by atoms with E-state index in [-0.39, 0.29) is 6.01 Å². The molecule has 1 aromatic heterocycles. The molecule has 0 unspecified atom stereocenters. The van der Waals surface area contributed by atoms with Crippen LogP contribution in [0, 0.1) is 19.7 Å². The first-order valence-electron chi connectivity index (χ1n) is 8.95. The summed E-state index contributed by atoms with van der Waals surface area (Å²) in [6.45, 7) is 3.52. The Balaban J connectivity index is 2.21. The zero-order valence-electron chi connectivity index (χ0n) is 16.3. The summed E-state index contributed by atoms with van der Waals surface area (Å²) in [6, 6.07) is 15.9. The molecule has 3 aromatic rings. The highest BCUT2D eigenvalue weighted by Gasteiger charge is 2.49. The number of ether oxygens (including phenoxy) is 2. The number of benzene rings is 2. The molecule has 0 fully saturated rings. The minimum atomic E-state index is -1.57. The van der Waals surface area contributed by atoms with Crippen LogP contribution in [0.3, 0.4) is 0 Å². The quantitative estimate of drug-likeness (QED) is 0.656. The molecule has 29 heavy (non-hydrogen) atoms. The second-order valence-corrected chi connectivity index (χ2v) is 6.58. The number of aliphatic carboxylic acids is 1. The fourth-order valence-electron chi connectivity index (χ4n) is 3.35. The van der Waals surface area contributed by atoms with Crippen LogP contribution in [0.25, 0.3) is 0 Å². The third-order valence-electron chi connectivity index (χ3n) is 4.58. The molecule has 0 saturated heterocycles. The number of rotatable bonds is 7. The van der Waals surface area contributed by atoms with Gasteiger partial charge >= 0.3 is 12.0 Å². The summed E-state index contributed by atoms with van der Waals surface area (Å²) in [6.07, 6.45) is -1.54. The van der Waals surface area contributed by atoms with Gasteiger partial charge in [-0.1, -0.05) is 42.5 Å². The van der Waals surface area contributed by atoms with Crippen molar-refractivity contribution in [1.82, 2.24) is 9.97 Å². The Morgan fingerprint density at radius 2 is 1.55 bits per heavy atom. The number of halogens is 1. The average molecular weight is 396 g/mol. The second kappa shape index (κ2) is 8.36. The van der Waals surface area contributed by atoms with Crippen LogP contribution in [0.5, 0.6) is 6.01 Å². The van der Waals surface area contributed by atoms with Gasteiger partial charge in [-0.2, -0.15) is 0 Å². The lowest BCUT2D eigenvalue weighted by molar-refractivity contribution is -0.160. The van der Waals surface area contributed by atoms with Crippen LogP contribution in [-0.4, -0.2) is 34.3 Å². The van der Waals surface area contributed by atoms with Crippen molar-refractivity contribution in [2.75, 3.05) is 7.11 Å². The van der Waals surface area contributed by atoms with Crippen LogP contribution >= 0.6 is 0 Å². The Labute approximate surface area is 168 Å². The molecule has 0 aliphatic heterocycles. The predicted octanol–water partition coefficient (Wildman–Crippen LogP) is 3.65. The molecule has 0 radical (unpaired) electrons. The van der Waals surface area contributed by atoms with Crippen molar-refractivity contribution in [3.8, 4) is 6.01 Å². The Morgan fingerprint density at radius 3 is 2.07 bits per heavy atom. The van der Waals surface area contributed by atoms with Crippen molar-refractivity contribution < 1.29 is 23.8 Å². The number of carbonyl (C=O) groups is 1. The van der Waals surface area contributed by atoms with Gasteiger partial charge in [0.15, 0.2) is 5.60 Å². The van der Waals surface area contributed by atoms with Crippen molar-refractivity contribution >= 4 is 5.97 Å². The Kier molecular flexibility index (Phi) is 5.89. The van der Waals surface area contributed by atoms with Crippen molar-refractivity contribution in [1.29, 1.82) is 0 Å². The molecule has 0 bridgehead atoms. The number of nitrogens with zero attached hydrogens (tertiary/aromatic N) is 2. The number of carboxylic acid groups (broad SMARTS) is 1. The Bertz CT molecular complexity index is 975. The monoisotopic (exact) mass is 396 g/mol. The molecule has 1 N–H and O–H groups in total. The topological polar surface area (TPSA) is 81.5 Å². The van der Waals surface area contributed by atoms with Crippen LogP contribution in [0.4, 0.5) is 4.39 Å². The summed E-state index contributed by atoms with van der Waals surface area (Å²) in [5, 5.41) is 10.1. The van der Waals surface area contributed by atoms with Gasteiger partial charge in [0.25, 0.3) is 0 Å². The van der Waals surface area contributed by atoms with Gasteiger partial charge in [-0.25, -0.2) is 19.2 Å². The normalized spacial score (nSPS) is 14.1. The first-order chi connectivity index (χ1) is 13.9. The smallest absolute Gasteiger partial charge is 0.348 e. The van der Waals surface area contributed by atoms with Gasteiger partial charge in [0.1, 0.15) is 5.82 Å². The number of aromatic nitrogens is 2. The fourth-order valence-corrected chi connectivity index (χ4v) is 3.35. The molecule has 0 aliphatic rings. The lowest BCUT2D eigenvalue weighted by Crippen LogP contribution is -2.50. The maximum Gasteiger partial charge on any atom is 0.348 e. The summed E-state index contributed by atoms with van der Waals surface area (Å²) in [4.78, 5) is 20.7. The lowest BCUT2D eigenvalue weighted by Gasteiger charge is -2.37. The first-order valence-corrected chi connectivity index (χ1v) is 8.95. The summed E-state index contributed by atoms with van der Waals surface area (Å²) in [7, 11) is 1.39. The van der Waals surface area contributed by atoms with E-state index in [2.05, 4.69) is 9.97 Å². The average Bonchev–Trinajstić information content (AvgIpc) is 2.69. The van der Waals surface area contributed by atoms with Crippen molar-refractivity contribution in [2.45, 2.75) is 25.6 Å². The number of methoxy groups -OCH3 is 1. The van der Waals surface area contributed by atoms with Crippen molar-refractivity contribution in [2.24, 2.45) is 0 Å². The van der Waals surface area contributed by atoms with E-state index in [0.29, 0.717) is 22.5 Å². The zero-order valence-corrected chi connectivity index (χ0v) is 16.3. The lowest BCUT2D eigenvalue weighted by atomic mass is 9.81. The summed E-state index contributed by atoms with van der Waals surface area (Å²) >= 11 is 0. The Hall–Kier alpha value is -3.32. The molecule has 0 aliphatic carbocycles. The predicted molar refractivity (Wildman–Crippen MR) is 104 cm³/mol. The van der Waals surface area contributed by atoms with Gasteiger partial charge in [-0.3, -0.25) is 0 Å². The number of hydrogen-bond acceptors (Lipinski definition) is 5. The van der Waals surface area contributed by atoms with Gasteiger partial charge in [-0.15, -0.1) is 0 Å². The van der Waals surface area contributed by atoms with Crippen molar-refractivity contribution in [3.63, 3.8) is 0 Å². The number of carboxylic acids is 1. The van der Waals surface area contributed by atoms with E-state index in [9.17, 15) is 14.3 Å². The molecule has 150 valence electrons. The fraction of sp³-hybridized carbons (Fsp3) is 0.227. The molecule has 0 amide bonds. The van der Waals surface area contributed by atoms with E-state index < -0.39 is 23.5 Å². The first kappa shape index (κ1) is 20.4. The Morgan fingerprint density at radius 1 is 1.00 bits per heavy atom. The standard InChI is InChI=1S/C22H21FN2O4/c1-14-13-15(2)25-21(24-14)29-19(20(26)27)22(28-3,16-7-5-4-6-8-16)17-9-11-18(23)12-10-17/h4-13,19H,1-3H3,(H,26,27)/t19-,22+/m1/s1. The highest BCUT2D eigenvalue weighted by atomic mass is 19.1. The maximum absolute atomic E-state index is 13.6. The van der Waals surface area contributed by atoms with E-state index in [1.165, 1.54) is 31.4 Å². The molecule has 6 nitrogen and oxygen atoms in total. The summed E-state index contributed by atoms with van der Waals surface area (Å²) < 4.78 is 25.2. The highest BCUT2D eigenvalue weighted by Crippen LogP contribution is 2.38. The minimum absolute atomic E-state index is 0.0747. The van der Waals surface area contributed by atoms with E-state index >= 15 is 0 Å².